The topological polar surface area (TPSA) is 47.6 Å². The van der Waals surface area contributed by atoms with Crippen LogP contribution in [-0.4, -0.2) is 19.1 Å². The number of para-hydroxylation sites is 1. The second kappa shape index (κ2) is 7.50. The van der Waals surface area contributed by atoms with Crippen LogP contribution in [0.3, 0.4) is 0 Å². The SMILES string of the molecule is CCC(Oc1ccccc1)C(=O)Nc1ccc(C)cc1OC. The van der Waals surface area contributed by atoms with Crippen molar-refractivity contribution in [3.8, 4) is 11.5 Å². The third-order valence-corrected chi connectivity index (χ3v) is 3.30. The van der Waals surface area contributed by atoms with Crippen molar-refractivity contribution >= 4 is 11.6 Å². The predicted molar refractivity (Wildman–Crippen MR) is 87.5 cm³/mol. The van der Waals surface area contributed by atoms with E-state index in [-0.39, 0.29) is 5.91 Å². The number of methoxy groups -OCH3 is 1. The van der Waals surface area contributed by atoms with Gasteiger partial charge < -0.3 is 14.8 Å². The molecule has 0 aliphatic heterocycles. The number of amides is 1. The summed E-state index contributed by atoms with van der Waals surface area (Å²) in [6, 6.07) is 15.0. The average molecular weight is 299 g/mol. The molecule has 22 heavy (non-hydrogen) atoms. The summed E-state index contributed by atoms with van der Waals surface area (Å²) in [7, 11) is 1.59. The van der Waals surface area contributed by atoms with Crippen molar-refractivity contribution in [1.29, 1.82) is 0 Å². The van der Waals surface area contributed by atoms with E-state index in [1.165, 1.54) is 0 Å². The van der Waals surface area contributed by atoms with E-state index >= 15 is 0 Å². The smallest absolute Gasteiger partial charge is 0.265 e. The lowest BCUT2D eigenvalue weighted by molar-refractivity contribution is -0.122. The zero-order valence-electron chi connectivity index (χ0n) is 13.1. The van der Waals surface area contributed by atoms with Gasteiger partial charge in [0.25, 0.3) is 5.91 Å². The lowest BCUT2D eigenvalue weighted by Crippen LogP contribution is -2.32. The second-order valence-corrected chi connectivity index (χ2v) is 5.02. The van der Waals surface area contributed by atoms with Crippen molar-refractivity contribution in [1.82, 2.24) is 0 Å². The van der Waals surface area contributed by atoms with Crippen LogP contribution in [0.2, 0.25) is 0 Å². The zero-order chi connectivity index (χ0) is 15.9. The van der Waals surface area contributed by atoms with Crippen LogP contribution in [0.25, 0.3) is 0 Å². The van der Waals surface area contributed by atoms with Gasteiger partial charge in [-0.1, -0.05) is 31.2 Å². The molecule has 1 atom stereocenters. The van der Waals surface area contributed by atoms with E-state index in [0.29, 0.717) is 23.6 Å². The van der Waals surface area contributed by atoms with Crippen molar-refractivity contribution in [3.63, 3.8) is 0 Å². The molecule has 2 aromatic rings. The zero-order valence-corrected chi connectivity index (χ0v) is 13.1. The molecular formula is C18H21NO3. The van der Waals surface area contributed by atoms with Gasteiger partial charge in [0.2, 0.25) is 0 Å². The second-order valence-electron chi connectivity index (χ2n) is 5.02. The maximum atomic E-state index is 12.4. The minimum absolute atomic E-state index is 0.187. The van der Waals surface area contributed by atoms with Crippen molar-refractivity contribution in [2.45, 2.75) is 26.4 Å². The fourth-order valence-electron chi connectivity index (χ4n) is 2.10. The van der Waals surface area contributed by atoms with Crippen LogP contribution in [0.1, 0.15) is 18.9 Å². The van der Waals surface area contributed by atoms with Crippen LogP contribution in [0.15, 0.2) is 48.5 Å². The Morgan fingerprint density at radius 1 is 1.18 bits per heavy atom. The highest BCUT2D eigenvalue weighted by Crippen LogP contribution is 2.25. The van der Waals surface area contributed by atoms with Crippen LogP contribution in [0, 0.1) is 6.92 Å². The highest BCUT2D eigenvalue weighted by Gasteiger charge is 2.19. The van der Waals surface area contributed by atoms with Gasteiger partial charge in [-0.2, -0.15) is 0 Å². The molecule has 4 heteroatoms. The Bertz CT molecular complexity index is 625. The maximum absolute atomic E-state index is 12.4. The molecule has 4 nitrogen and oxygen atoms in total. The quantitative estimate of drug-likeness (QED) is 0.882. The van der Waals surface area contributed by atoms with Crippen LogP contribution >= 0.6 is 0 Å². The summed E-state index contributed by atoms with van der Waals surface area (Å²) < 4.78 is 11.0. The third kappa shape index (κ3) is 4.01. The average Bonchev–Trinajstić information content (AvgIpc) is 2.55. The van der Waals surface area contributed by atoms with E-state index in [9.17, 15) is 4.79 Å². The van der Waals surface area contributed by atoms with E-state index < -0.39 is 6.10 Å². The summed E-state index contributed by atoms with van der Waals surface area (Å²) in [5.41, 5.74) is 1.72. The molecule has 0 aliphatic rings. The Labute approximate surface area is 131 Å². The number of aryl methyl sites for hydroxylation is 1. The standard InChI is InChI=1S/C18H21NO3/c1-4-16(22-14-8-6-5-7-9-14)18(20)19-15-11-10-13(2)12-17(15)21-3/h5-12,16H,4H2,1-3H3,(H,19,20). The molecule has 0 fully saturated rings. The fourth-order valence-corrected chi connectivity index (χ4v) is 2.10. The first-order valence-electron chi connectivity index (χ1n) is 7.31. The van der Waals surface area contributed by atoms with Crippen molar-refractivity contribution in [3.05, 3.63) is 54.1 Å². The molecular weight excluding hydrogens is 278 g/mol. The van der Waals surface area contributed by atoms with Crippen LogP contribution in [0.5, 0.6) is 11.5 Å². The normalized spacial score (nSPS) is 11.6. The summed E-state index contributed by atoms with van der Waals surface area (Å²) in [5.74, 6) is 1.14. The maximum Gasteiger partial charge on any atom is 0.265 e. The minimum atomic E-state index is -0.548. The molecule has 0 saturated heterocycles. The molecule has 2 rings (SSSR count). The lowest BCUT2D eigenvalue weighted by Gasteiger charge is -2.18. The molecule has 116 valence electrons. The highest BCUT2D eigenvalue weighted by atomic mass is 16.5. The first-order valence-corrected chi connectivity index (χ1v) is 7.31. The molecule has 0 bridgehead atoms. The monoisotopic (exact) mass is 299 g/mol. The molecule has 0 aromatic heterocycles. The third-order valence-electron chi connectivity index (χ3n) is 3.30. The van der Waals surface area contributed by atoms with Gasteiger partial charge in [0.05, 0.1) is 12.8 Å². The van der Waals surface area contributed by atoms with Crippen molar-refractivity contribution < 1.29 is 14.3 Å². The van der Waals surface area contributed by atoms with Crippen LogP contribution < -0.4 is 14.8 Å². The highest BCUT2D eigenvalue weighted by molar-refractivity contribution is 5.95. The lowest BCUT2D eigenvalue weighted by atomic mass is 10.2. The Hall–Kier alpha value is -2.49. The van der Waals surface area contributed by atoms with Crippen LogP contribution in [0.4, 0.5) is 5.69 Å². The van der Waals surface area contributed by atoms with Crippen LogP contribution in [-0.2, 0) is 4.79 Å². The molecule has 0 aliphatic carbocycles. The molecule has 0 radical (unpaired) electrons. The van der Waals surface area contributed by atoms with E-state index in [1.54, 1.807) is 7.11 Å². The first-order chi connectivity index (χ1) is 10.6. The largest absolute Gasteiger partial charge is 0.495 e. The Kier molecular flexibility index (Phi) is 5.42. The number of hydrogen-bond donors (Lipinski definition) is 1. The number of carbonyl (C=O) groups is 1. The number of anilines is 1. The summed E-state index contributed by atoms with van der Waals surface area (Å²) in [6.45, 7) is 3.89. The van der Waals surface area contributed by atoms with Gasteiger partial charge in [0.1, 0.15) is 11.5 Å². The molecule has 0 saturated carbocycles. The molecule has 1 amide bonds. The molecule has 1 N–H and O–H groups in total. The number of benzene rings is 2. The summed E-state index contributed by atoms with van der Waals surface area (Å²) in [4.78, 5) is 12.4. The number of nitrogens with one attached hydrogen (secondary N) is 1. The first kappa shape index (κ1) is 15.9. The Morgan fingerprint density at radius 2 is 1.91 bits per heavy atom. The van der Waals surface area contributed by atoms with E-state index in [2.05, 4.69) is 5.32 Å². The number of rotatable bonds is 6. The van der Waals surface area contributed by atoms with Gasteiger partial charge in [0.15, 0.2) is 6.10 Å². The summed E-state index contributed by atoms with van der Waals surface area (Å²) >= 11 is 0. The Morgan fingerprint density at radius 3 is 2.55 bits per heavy atom. The summed E-state index contributed by atoms with van der Waals surface area (Å²) in [5, 5.41) is 2.87. The van der Waals surface area contributed by atoms with Gasteiger partial charge in [-0.3, -0.25) is 4.79 Å². The van der Waals surface area contributed by atoms with E-state index in [0.717, 1.165) is 5.56 Å². The molecule has 1 unspecified atom stereocenters. The predicted octanol–water partition coefficient (Wildman–Crippen LogP) is 3.80. The van der Waals surface area contributed by atoms with Gasteiger partial charge in [-0.25, -0.2) is 0 Å². The molecule has 0 spiro atoms. The number of carbonyl (C=O) groups excluding carboxylic acids is 1. The number of ether oxygens (including phenoxy) is 2. The number of hydrogen-bond acceptors (Lipinski definition) is 3. The van der Waals surface area contributed by atoms with Gasteiger partial charge >= 0.3 is 0 Å². The van der Waals surface area contributed by atoms with E-state index in [4.69, 9.17) is 9.47 Å². The molecule has 0 heterocycles. The van der Waals surface area contributed by atoms with Gasteiger partial charge in [0, 0.05) is 0 Å². The van der Waals surface area contributed by atoms with Crippen molar-refractivity contribution in [2.75, 3.05) is 12.4 Å². The summed E-state index contributed by atoms with van der Waals surface area (Å²) in [6.07, 6.45) is 0.0305. The minimum Gasteiger partial charge on any atom is -0.495 e. The van der Waals surface area contributed by atoms with Gasteiger partial charge in [-0.05, 0) is 43.2 Å². The Balaban J connectivity index is 2.09. The van der Waals surface area contributed by atoms with Crippen molar-refractivity contribution in [2.24, 2.45) is 0 Å². The fraction of sp³-hybridized carbons (Fsp3) is 0.278. The molecule has 2 aromatic carbocycles. The van der Waals surface area contributed by atoms with Gasteiger partial charge in [-0.15, -0.1) is 0 Å². The van der Waals surface area contributed by atoms with E-state index in [1.807, 2.05) is 62.4 Å².